The number of carbonyl (C=O) groups is 1. The second-order valence-corrected chi connectivity index (χ2v) is 7.85. The Morgan fingerprint density at radius 2 is 2.24 bits per heavy atom. The number of allylic oxidation sites excluding steroid dienone is 2. The molecule has 1 aromatic carbocycles. The lowest BCUT2D eigenvalue weighted by molar-refractivity contribution is 0.0953. The highest BCUT2D eigenvalue weighted by molar-refractivity contribution is 7.10. The van der Waals surface area contributed by atoms with Crippen molar-refractivity contribution in [3.05, 3.63) is 63.9 Å². The highest BCUT2D eigenvalue weighted by Crippen LogP contribution is 2.51. The third kappa shape index (κ3) is 2.99. The molecule has 4 rings (SSSR count). The van der Waals surface area contributed by atoms with Crippen molar-refractivity contribution < 1.29 is 4.79 Å². The van der Waals surface area contributed by atoms with Gasteiger partial charge in [-0.2, -0.15) is 0 Å². The maximum Gasteiger partial charge on any atom is 0.253 e. The summed E-state index contributed by atoms with van der Waals surface area (Å²) >= 11 is 1.79. The van der Waals surface area contributed by atoms with Gasteiger partial charge in [-0.15, -0.1) is 11.3 Å². The summed E-state index contributed by atoms with van der Waals surface area (Å²) in [6.45, 7) is 2.87. The van der Waals surface area contributed by atoms with E-state index >= 15 is 0 Å². The topological polar surface area (TPSA) is 41.1 Å². The molecule has 0 saturated heterocycles. The van der Waals surface area contributed by atoms with Gasteiger partial charge in [0.15, 0.2) is 0 Å². The van der Waals surface area contributed by atoms with Crippen molar-refractivity contribution in [3.63, 3.8) is 0 Å². The highest BCUT2D eigenvalue weighted by Gasteiger charge is 2.39. The quantitative estimate of drug-likeness (QED) is 0.580. The van der Waals surface area contributed by atoms with E-state index in [9.17, 15) is 4.79 Å². The molecule has 3 nitrogen and oxygen atoms in total. The first kappa shape index (κ1) is 16.4. The number of fused-ring (bicyclic) bond motifs is 3. The van der Waals surface area contributed by atoms with Crippen LogP contribution in [0.3, 0.4) is 0 Å². The minimum Gasteiger partial charge on any atom is -0.376 e. The Hall–Kier alpha value is -2.07. The summed E-state index contributed by atoms with van der Waals surface area (Å²) in [5, 5.41) is 8.92. The van der Waals surface area contributed by atoms with E-state index in [1.54, 1.807) is 11.3 Å². The standard InChI is InChI=1S/C21H24N2OS/c1-2-3-12-22-21(24)17-10-5-8-15-14-7-4-9-16(14)20(23-19(15)17)18-11-6-13-25-18/h4-8,10-11,13-14,16,20,23H,2-3,9,12H2,1H3,(H,22,24). The van der Waals surface area contributed by atoms with E-state index in [0.717, 1.165) is 37.1 Å². The minimum absolute atomic E-state index is 0.0307. The van der Waals surface area contributed by atoms with E-state index in [1.165, 1.54) is 10.4 Å². The van der Waals surface area contributed by atoms with Crippen LogP contribution >= 0.6 is 11.3 Å². The molecular formula is C21H24N2OS. The molecule has 3 unspecified atom stereocenters. The average molecular weight is 353 g/mol. The normalized spacial score (nSPS) is 23.6. The molecule has 1 aliphatic heterocycles. The molecule has 0 saturated carbocycles. The molecule has 25 heavy (non-hydrogen) atoms. The molecule has 0 bridgehead atoms. The zero-order valence-corrected chi connectivity index (χ0v) is 15.3. The van der Waals surface area contributed by atoms with Gasteiger partial charge in [-0.05, 0) is 41.8 Å². The maximum absolute atomic E-state index is 12.7. The van der Waals surface area contributed by atoms with Crippen molar-refractivity contribution in [1.82, 2.24) is 5.32 Å². The van der Waals surface area contributed by atoms with Crippen LogP contribution in [0.15, 0.2) is 47.9 Å². The van der Waals surface area contributed by atoms with Crippen LogP contribution in [0.25, 0.3) is 0 Å². The number of para-hydroxylation sites is 1. The Balaban J connectivity index is 1.69. The molecule has 2 heterocycles. The summed E-state index contributed by atoms with van der Waals surface area (Å²) in [5.74, 6) is 0.958. The van der Waals surface area contributed by atoms with Crippen LogP contribution < -0.4 is 10.6 Å². The molecule has 130 valence electrons. The fraction of sp³-hybridized carbons (Fsp3) is 0.381. The third-order valence-corrected chi connectivity index (χ3v) is 6.26. The Labute approximate surface area is 153 Å². The molecule has 0 fully saturated rings. The van der Waals surface area contributed by atoms with Gasteiger partial charge in [0.05, 0.1) is 17.3 Å². The number of unbranched alkanes of at least 4 members (excludes halogenated alkanes) is 1. The number of amides is 1. The molecule has 3 atom stereocenters. The molecule has 1 amide bonds. The highest BCUT2D eigenvalue weighted by atomic mass is 32.1. The van der Waals surface area contributed by atoms with Crippen LogP contribution in [0.2, 0.25) is 0 Å². The molecule has 0 radical (unpaired) electrons. The lowest BCUT2D eigenvalue weighted by Crippen LogP contribution is -2.32. The number of hydrogen-bond acceptors (Lipinski definition) is 3. The van der Waals surface area contributed by atoms with Crippen molar-refractivity contribution in [1.29, 1.82) is 0 Å². The van der Waals surface area contributed by atoms with Crippen LogP contribution in [-0.4, -0.2) is 12.5 Å². The van der Waals surface area contributed by atoms with Gasteiger partial charge in [-0.3, -0.25) is 4.79 Å². The van der Waals surface area contributed by atoms with E-state index in [0.29, 0.717) is 11.8 Å². The van der Waals surface area contributed by atoms with Crippen molar-refractivity contribution in [2.75, 3.05) is 11.9 Å². The number of nitrogens with one attached hydrogen (secondary N) is 2. The minimum atomic E-state index is 0.0307. The fourth-order valence-corrected chi connectivity index (χ4v) is 4.89. The van der Waals surface area contributed by atoms with E-state index in [2.05, 4.69) is 53.3 Å². The second kappa shape index (κ2) is 7.04. The van der Waals surface area contributed by atoms with Gasteiger partial charge < -0.3 is 10.6 Å². The van der Waals surface area contributed by atoms with Gasteiger partial charge in [0.2, 0.25) is 0 Å². The predicted molar refractivity (Wildman–Crippen MR) is 104 cm³/mol. The van der Waals surface area contributed by atoms with Crippen LogP contribution in [0.1, 0.15) is 58.9 Å². The number of benzene rings is 1. The Morgan fingerprint density at radius 3 is 3.04 bits per heavy atom. The average Bonchev–Trinajstić information content (AvgIpc) is 3.32. The molecule has 2 aromatic rings. The summed E-state index contributed by atoms with van der Waals surface area (Å²) in [5.41, 5.74) is 3.05. The zero-order valence-electron chi connectivity index (χ0n) is 14.5. The summed E-state index contributed by atoms with van der Waals surface area (Å²) < 4.78 is 0. The van der Waals surface area contributed by atoms with Gasteiger partial charge in [0.25, 0.3) is 5.91 Å². The smallest absolute Gasteiger partial charge is 0.253 e. The number of anilines is 1. The molecule has 1 aromatic heterocycles. The van der Waals surface area contributed by atoms with Gasteiger partial charge in [-0.25, -0.2) is 0 Å². The van der Waals surface area contributed by atoms with E-state index < -0.39 is 0 Å². The van der Waals surface area contributed by atoms with Crippen molar-refractivity contribution >= 4 is 22.9 Å². The van der Waals surface area contributed by atoms with Gasteiger partial charge >= 0.3 is 0 Å². The van der Waals surface area contributed by atoms with Gasteiger partial charge in [-0.1, -0.05) is 43.7 Å². The van der Waals surface area contributed by atoms with Crippen LogP contribution in [0, 0.1) is 5.92 Å². The number of rotatable bonds is 5. The lowest BCUT2D eigenvalue weighted by atomic mass is 9.78. The number of thiophene rings is 1. The number of hydrogen-bond donors (Lipinski definition) is 2. The largest absolute Gasteiger partial charge is 0.376 e. The molecule has 2 N–H and O–H groups in total. The summed E-state index contributed by atoms with van der Waals surface area (Å²) in [6, 6.07) is 10.7. The molecule has 0 spiro atoms. The summed E-state index contributed by atoms with van der Waals surface area (Å²) in [4.78, 5) is 14.1. The van der Waals surface area contributed by atoms with Crippen molar-refractivity contribution in [3.8, 4) is 0 Å². The SMILES string of the molecule is CCCCNC(=O)c1cccc2c1NC(c1cccs1)C1CC=CC21. The monoisotopic (exact) mass is 352 g/mol. The Morgan fingerprint density at radius 1 is 1.32 bits per heavy atom. The fourth-order valence-electron chi connectivity index (χ4n) is 4.03. The maximum atomic E-state index is 12.7. The van der Waals surface area contributed by atoms with E-state index in [-0.39, 0.29) is 11.9 Å². The first-order valence-electron chi connectivity index (χ1n) is 9.17. The van der Waals surface area contributed by atoms with Crippen molar-refractivity contribution in [2.45, 2.75) is 38.1 Å². The first-order valence-corrected chi connectivity index (χ1v) is 10.0. The second-order valence-electron chi connectivity index (χ2n) is 6.87. The zero-order chi connectivity index (χ0) is 17.2. The summed E-state index contributed by atoms with van der Waals surface area (Å²) in [7, 11) is 0. The third-order valence-electron chi connectivity index (χ3n) is 5.31. The van der Waals surface area contributed by atoms with Gasteiger partial charge in [0, 0.05) is 17.3 Å². The Kier molecular flexibility index (Phi) is 4.62. The van der Waals surface area contributed by atoms with Crippen LogP contribution in [0.5, 0.6) is 0 Å². The van der Waals surface area contributed by atoms with Gasteiger partial charge in [0.1, 0.15) is 0 Å². The molecule has 2 aliphatic rings. The van der Waals surface area contributed by atoms with Crippen LogP contribution in [0.4, 0.5) is 5.69 Å². The van der Waals surface area contributed by atoms with Crippen LogP contribution in [-0.2, 0) is 0 Å². The molecular weight excluding hydrogens is 328 g/mol. The predicted octanol–water partition coefficient (Wildman–Crippen LogP) is 5.10. The summed E-state index contributed by atoms with van der Waals surface area (Å²) in [6.07, 6.45) is 7.80. The van der Waals surface area contributed by atoms with Crippen molar-refractivity contribution in [2.24, 2.45) is 5.92 Å². The molecule has 1 aliphatic carbocycles. The Bertz CT molecular complexity index is 781. The molecule has 4 heteroatoms. The van der Waals surface area contributed by atoms with E-state index in [1.807, 2.05) is 12.1 Å². The number of carbonyl (C=O) groups excluding carboxylic acids is 1. The lowest BCUT2D eigenvalue weighted by Gasteiger charge is -2.37. The van der Waals surface area contributed by atoms with E-state index in [4.69, 9.17) is 0 Å². The first-order chi connectivity index (χ1) is 12.3.